The van der Waals surface area contributed by atoms with E-state index in [1.54, 1.807) is 0 Å². The molecule has 0 radical (unpaired) electrons. The van der Waals surface area contributed by atoms with Gasteiger partial charge in [-0.05, 0) is 17.7 Å². The zero-order valence-electron chi connectivity index (χ0n) is 8.83. The summed E-state index contributed by atoms with van der Waals surface area (Å²) in [5, 5.41) is 2.80. The lowest BCUT2D eigenvalue weighted by molar-refractivity contribution is 0.574. The Morgan fingerprint density at radius 3 is 2.25 bits per heavy atom. The van der Waals surface area contributed by atoms with Gasteiger partial charge in [0, 0.05) is 25.4 Å². The molecule has 0 saturated heterocycles. The molecule has 0 saturated carbocycles. The van der Waals surface area contributed by atoms with Crippen molar-refractivity contribution < 1.29 is 17.2 Å². The summed E-state index contributed by atoms with van der Waals surface area (Å²) >= 11 is 0. The average molecular weight is 249 g/mol. The lowest BCUT2D eigenvalue weighted by atomic mass is 10.2. The molecule has 0 heterocycles. The highest BCUT2D eigenvalue weighted by Gasteiger charge is 2.02. The molecule has 0 unspecified atom stereocenters. The minimum Gasteiger partial charge on any atom is -0.312 e. The summed E-state index contributed by atoms with van der Waals surface area (Å²) in [6, 6.07) is 3.20. The first kappa shape index (κ1) is 13.1. The monoisotopic (exact) mass is 249 g/mol. The minimum absolute atomic E-state index is 0.00476. The van der Waals surface area contributed by atoms with E-state index in [1.807, 2.05) is 0 Å². The maximum absolute atomic E-state index is 12.8. The van der Waals surface area contributed by atoms with Gasteiger partial charge in [-0.2, -0.15) is 0 Å². The van der Waals surface area contributed by atoms with E-state index in [-0.39, 0.29) is 18.8 Å². The fourth-order valence-corrected chi connectivity index (χ4v) is 1.72. The van der Waals surface area contributed by atoms with Crippen molar-refractivity contribution in [1.82, 2.24) is 5.32 Å². The largest absolute Gasteiger partial charge is 0.312 e. The van der Waals surface area contributed by atoms with Crippen LogP contribution >= 0.6 is 0 Å². The van der Waals surface area contributed by atoms with Crippen LogP contribution in [-0.2, 0) is 16.4 Å². The van der Waals surface area contributed by atoms with Gasteiger partial charge in [0.2, 0.25) is 0 Å². The van der Waals surface area contributed by atoms with Gasteiger partial charge in [0.15, 0.2) is 0 Å². The molecule has 0 aliphatic heterocycles. The predicted molar refractivity (Wildman–Crippen MR) is 57.8 cm³/mol. The molecule has 1 rings (SSSR count). The Labute approximate surface area is 93.4 Å². The molecule has 0 aliphatic carbocycles. The van der Waals surface area contributed by atoms with Crippen LogP contribution in [0.1, 0.15) is 5.56 Å². The lowest BCUT2D eigenvalue weighted by Crippen LogP contribution is -2.22. The van der Waals surface area contributed by atoms with Crippen molar-refractivity contribution in [3.63, 3.8) is 0 Å². The summed E-state index contributed by atoms with van der Waals surface area (Å²) in [6.07, 6.45) is 1.14. The number of benzene rings is 1. The van der Waals surface area contributed by atoms with Crippen LogP contribution in [0.5, 0.6) is 0 Å². The Hall–Kier alpha value is -1.01. The lowest BCUT2D eigenvalue weighted by Gasteiger charge is -2.04. The van der Waals surface area contributed by atoms with E-state index in [0.29, 0.717) is 5.56 Å². The number of hydrogen-bond donors (Lipinski definition) is 1. The van der Waals surface area contributed by atoms with Crippen molar-refractivity contribution >= 4 is 9.84 Å². The van der Waals surface area contributed by atoms with E-state index < -0.39 is 21.5 Å². The van der Waals surface area contributed by atoms with Gasteiger partial charge in [0.1, 0.15) is 21.5 Å². The van der Waals surface area contributed by atoms with Crippen LogP contribution < -0.4 is 5.32 Å². The highest BCUT2D eigenvalue weighted by Crippen LogP contribution is 2.07. The number of rotatable bonds is 5. The molecular weight excluding hydrogens is 236 g/mol. The molecule has 90 valence electrons. The van der Waals surface area contributed by atoms with Gasteiger partial charge in [0.05, 0.1) is 5.75 Å². The standard InChI is InChI=1S/C10H13F2NO2S/c1-16(14,15)3-2-13-7-8-4-9(11)6-10(12)5-8/h4-6,13H,2-3,7H2,1H3. The Balaban J connectivity index is 2.43. The normalized spacial score (nSPS) is 11.7. The fourth-order valence-electron chi connectivity index (χ4n) is 1.20. The quantitative estimate of drug-likeness (QED) is 0.795. The highest BCUT2D eigenvalue weighted by molar-refractivity contribution is 7.90. The zero-order chi connectivity index (χ0) is 12.2. The van der Waals surface area contributed by atoms with Gasteiger partial charge in [-0.1, -0.05) is 0 Å². The van der Waals surface area contributed by atoms with Crippen LogP contribution in [0.4, 0.5) is 8.78 Å². The minimum atomic E-state index is -3.01. The molecule has 6 heteroatoms. The molecular formula is C10H13F2NO2S. The third-order valence-corrected chi connectivity index (χ3v) is 2.85. The summed E-state index contributed by atoms with van der Waals surface area (Å²) in [5.41, 5.74) is 0.450. The fraction of sp³-hybridized carbons (Fsp3) is 0.400. The molecule has 0 aromatic heterocycles. The van der Waals surface area contributed by atoms with Crippen molar-refractivity contribution in [3.05, 3.63) is 35.4 Å². The summed E-state index contributed by atoms with van der Waals surface area (Å²) in [6.45, 7) is 0.501. The van der Waals surface area contributed by atoms with Crippen molar-refractivity contribution in [2.24, 2.45) is 0 Å². The summed E-state index contributed by atoms with van der Waals surface area (Å²) in [4.78, 5) is 0. The van der Waals surface area contributed by atoms with E-state index in [9.17, 15) is 17.2 Å². The summed E-state index contributed by atoms with van der Waals surface area (Å²) in [5.74, 6) is -1.27. The van der Waals surface area contributed by atoms with E-state index in [0.717, 1.165) is 12.3 Å². The second-order valence-electron chi connectivity index (χ2n) is 3.58. The number of sulfone groups is 1. The molecule has 1 N–H and O–H groups in total. The molecule has 0 spiro atoms. The van der Waals surface area contributed by atoms with Crippen molar-refractivity contribution in [2.45, 2.75) is 6.54 Å². The third-order valence-electron chi connectivity index (χ3n) is 1.90. The van der Waals surface area contributed by atoms with E-state index >= 15 is 0 Å². The molecule has 0 amide bonds. The molecule has 0 atom stereocenters. The van der Waals surface area contributed by atoms with Gasteiger partial charge in [-0.3, -0.25) is 0 Å². The second-order valence-corrected chi connectivity index (χ2v) is 5.84. The Morgan fingerprint density at radius 2 is 1.75 bits per heavy atom. The Bertz CT molecular complexity index is 440. The van der Waals surface area contributed by atoms with Gasteiger partial charge in [-0.25, -0.2) is 17.2 Å². The first-order valence-corrected chi connectivity index (χ1v) is 6.76. The Kier molecular flexibility index (Phi) is 4.37. The van der Waals surface area contributed by atoms with Gasteiger partial charge < -0.3 is 5.32 Å². The first-order chi connectivity index (χ1) is 7.37. The third kappa shape index (κ3) is 5.18. The van der Waals surface area contributed by atoms with Crippen molar-refractivity contribution in [2.75, 3.05) is 18.6 Å². The first-order valence-electron chi connectivity index (χ1n) is 4.70. The summed E-state index contributed by atoms with van der Waals surface area (Å²) < 4.78 is 47.1. The summed E-state index contributed by atoms with van der Waals surface area (Å²) in [7, 11) is -3.01. The number of hydrogen-bond acceptors (Lipinski definition) is 3. The van der Waals surface area contributed by atoms with Crippen LogP contribution in [0.3, 0.4) is 0 Å². The van der Waals surface area contributed by atoms with E-state index in [1.165, 1.54) is 12.1 Å². The maximum atomic E-state index is 12.8. The van der Waals surface area contributed by atoms with Crippen LogP contribution in [0, 0.1) is 11.6 Å². The van der Waals surface area contributed by atoms with Crippen molar-refractivity contribution in [1.29, 1.82) is 0 Å². The van der Waals surface area contributed by atoms with Crippen LogP contribution in [0.2, 0.25) is 0 Å². The zero-order valence-corrected chi connectivity index (χ0v) is 9.65. The van der Waals surface area contributed by atoms with Crippen LogP contribution in [-0.4, -0.2) is 27.0 Å². The number of halogens is 2. The SMILES string of the molecule is CS(=O)(=O)CCNCc1cc(F)cc(F)c1. The topological polar surface area (TPSA) is 46.2 Å². The predicted octanol–water partition coefficient (Wildman–Crippen LogP) is 1.10. The average Bonchev–Trinajstić information content (AvgIpc) is 2.09. The van der Waals surface area contributed by atoms with Gasteiger partial charge in [0.25, 0.3) is 0 Å². The Morgan fingerprint density at radius 1 is 1.19 bits per heavy atom. The molecule has 16 heavy (non-hydrogen) atoms. The van der Waals surface area contributed by atoms with E-state index in [2.05, 4.69) is 5.32 Å². The van der Waals surface area contributed by atoms with Crippen LogP contribution in [0.25, 0.3) is 0 Å². The molecule has 1 aromatic carbocycles. The number of nitrogens with one attached hydrogen (secondary N) is 1. The molecule has 0 aliphatic rings. The molecule has 0 bridgehead atoms. The van der Waals surface area contributed by atoms with Gasteiger partial charge in [-0.15, -0.1) is 0 Å². The highest BCUT2D eigenvalue weighted by atomic mass is 32.2. The van der Waals surface area contributed by atoms with Crippen molar-refractivity contribution in [3.8, 4) is 0 Å². The van der Waals surface area contributed by atoms with E-state index in [4.69, 9.17) is 0 Å². The van der Waals surface area contributed by atoms with Crippen LogP contribution in [0.15, 0.2) is 18.2 Å². The molecule has 3 nitrogen and oxygen atoms in total. The molecule has 1 aromatic rings. The molecule has 0 fully saturated rings. The second kappa shape index (κ2) is 5.36. The van der Waals surface area contributed by atoms with Gasteiger partial charge >= 0.3 is 0 Å². The maximum Gasteiger partial charge on any atom is 0.148 e. The smallest absolute Gasteiger partial charge is 0.148 e.